The van der Waals surface area contributed by atoms with E-state index in [4.69, 9.17) is 0 Å². The highest BCUT2D eigenvalue weighted by Gasteiger charge is 2.52. The average molecular weight is 728 g/mol. The zero-order valence-electron chi connectivity index (χ0n) is 31.0. The average Bonchev–Trinajstić information content (AvgIpc) is 3.75. The van der Waals surface area contributed by atoms with Crippen LogP contribution in [0.25, 0.3) is 65.7 Å². The van der Waals surface area contributed by atoms with Crippen LogP contribution in [0.15, 0.2) is 206 Å². The van der Waals surface area contributed by atoms with Crippen LogP contribution in [0.4, 0.5) is 21.5 Å². The van der Waals surface area contributed by atoms with Gasteiger partial charge in [-0.1, -0.05) is 164 Å². The van der Waals surface area contributed by atoms with Crippen LogP contribution in [-0.4, -0.2) is 0 Å². The summed E-state index contributed by atoms with van der Waals surface area (Å²) in [6.45, 7) is 0. The number of halogens is 1. The van der Waals surface area contributed by atoms with E-state index in [-0.39, 0.29) is 5.82 Å². The molecule has 0 aromatic heterocycles. The largest absolute Gasteiger partial charge is 0.310 e. The molecule has 1 spiro atoms. The van der Waals surface area contributed by atoms with Crippen molar-refractivity contribution < 1.29 is 4.39 Å². The fraction of sp³-hybridized carbons (Fsp3) is 0.0182. The molecule has 0 atom stereocenters. The molecule has 0 saturated heterocycles. The van der Waals surface area contributed by atoms with Crippen LogP contribution in [0.5, 0.6) is 0 Å². The van der Waals surface area contributed by atoms with Crippen molar-refractivity contribution in [2.24, 2.45) is 0 Å². The van der Waals surface area contributed by atoms with Gasteiger partial charge in [0.1, 0.15) is 5.82 Å². The van der Waals surface area contributed by atoms with Gasteiger partial charge in [-0.2, -0.15) is 0 Å². The minimum absolute atomic E-state index is 0.235. The summed E-state index contributed by atoms with van der Waals surface area (Å²) < 4.78 is 13.9. The minimum Gasteiger partial charge on any atom is -0.310 e. The summed E-state index contributed by atoms with van der Waals surface area (Å²) in [6, 6.07) is 73.8. The van der Waals surface area contributed by atoms with Crippen molar-refractivity contribution in [3.8, 4) is 33.4 Å². The molecule has 10 aromatic carbocycles. The third-order valence-corrected chi connectivity index (χ3v) is 12.5. The highest BCUT2D eigenvalue weighted by Crippen LogP contribution is 2.64. The van der Waals surface area contributed by atoms with Gasteiger partial charge in [0, 0.05) is 16.9 Å². The molecule has 0 fully saturated rings. The number of nitrogens with zero attached hydrogens (tertiary/aromatic N) is 1. The van der Waals surface area contributed by atoms with Crippen molar-refractivity contribution in [1.82, 2.24) is 0 Å². The molecule has 0 aliphatic heterocycles. The van der Waals surface area contributed by atoms with Gasteiger partial charge in [-0.05, 0) is 125 Å². The van der Waals surface area contributed by atoms with Gasteiger partial charge >= 0.3 is 0 Å². The molecule has 10 aromatic rings. The number of anilines is 3. The summed E-state index contributed by atoms with van der Waals surface area (Å²) in [5.74, 6) is -0.235. The molecule has 266 valence electrons. The number of rotatable bonds is 4. The molecule has 0 amide bonds. The van der Waals surface area contributed by atoms with Crippen LogP contribution in [0.3, 0.4) is 0 Å². The Morgan fingerprint density at radius 3 is 1.37 bits per heavy atom. The van der Waals surface area contributed by atoms with E-state index in [0.29, 0.717) is 0 Å². The SMILES string of the molecule is Fc1ccc(-c2ccc(N(c3ccc4c5ccccc5c5ccccc5c4c3)c3cccc4c3-c3ccccc3C43c4ccccc4-c4ccccc43)cc2)cc1. The Morgan fingerprint density at radius 2 is 0.772 bits per heavy atom. The number of benzene rings is 10. The summed E-state index contributed by atoms with van der Waals surface area (Å²) in [5.41, 5.74) is 15.2. The van der Waals surface area contributed by atoms with Gasteiger partial charge in [0.2, 0.25) is 0 Å². The van der Waals surface area contributed by atoms with E-state index in [0.717, 1.165) is 28.2 Å². The van der Waals surface area contributed by atoms with Crippen molar-refractivity contribution in [2.75, 3.05) is 4.90 Å². The Morgan fingerprint density at radius 1 is 0.333 bits per heavy atom. The number of hydrogen-bond donors (Lipinski definition) is 0. The first-order valence-electron chi connectivity index (χ1n) is 19.6. The maximum absolute atomic E-state index is 13.9. The molecule has 0 saturated carbocycles. The molecule has 1 nitrogen and oxygen atoms in total. The second-order valence-electron chi connectivity index (χ2n) is 15.3. The molecular formula is C55H34FN. The lowest BCUT2D eigenvalue weighted by molar-refractivity contribution is 0.628. The predicted molar refractivity (Wildman–Crippen MR) is 235 cm³/mol. The molecule has 0 N–H and O–H groups in total. The molecule has 57 heavy (non-hydrogen) atoms. The van der Waals surface area contributed by atoms with Crippen LogP contribution in [0, 0.1) is 5.82 Å². The summed E-state index contributed by atoms with van der Waals surface area (Å²) >= 11 is 0. The molecule has 0 heterocycles. The summed E-state index contributed by atoms with van der Waals surface area (Å²) in [4.78, 5) is 2.44. The van der Waals surface area contributed by atoms with Crippen LogP contribution < -0.4 is 4.90 Å². The number of fused-ring (bicyclic) bond motifs is 16. The Balaban J connectivity index is 1.15. The molecule has 2 aliphatic rings. The van der Waals surface area contributed by atoms with E-state index in [1.54, 1.807) is 0 Å². The highest BCUT2D eigenvalue weighted by molar-refractivity contribution is 6.26. The lowest BCUT2D eigenvalue weighted by atomic mass is 9.70. The van der Waals surface area contributed by atoms with Gasteiger partial charge in [0.15, 0.2) is 0 Å². The third kappa shape index (κ3) is 4.44. The Hall–Kier alpha value is -7.29. The minimum atomic E-state index is -0.453. The smallest absolute Gasteiger partial charge is 0.123 e. The van der Waals surface area contributed by atoms with Crippen LogP contribution in [-0.2, 0) is 5.41 Å². The lowest BCUT2D eigenvalue weighted by Crippen LogP contribution is -2.26. The normalized spacial score (nSPS) is 13.1. The van der Waals surface area contributed by atoms with Gasteiger partial charge in [-0.25, -0.2) is 4.39 Å². The van der Waals surface area contributed by atoms with E-state index in [2.05, 4.69) is 187 Å². The first kappa shape index (κ1) is 32.0. The van der Waals surface area contributed by atoms with Crippen molar-refractivity contribution in [1.29, 1.82) is 0 Å². The van der Waals surface area contributed by atoms with Gasteiger partial charge in [0.05, 0.1) is 11.1 Å². The first-order chi connectivity index (χ1) is 28.2. The fourth-order valence-electron chi connectivity index (χ4n) is 10.2. The van der Waals surface area contributed by atoms with Crippen molar-refractivity contribution in [2.45, 2.75) is 5.41 Å². The second-order valence-corrected chi connectivity index (χ2v) is 15.3. The molecule has 0 radical (unpaired) electrons. The maximum atomic E-state index is 13.9. The summed E-state index contributed by atoms with van der Waals surface area (Å²) in [5, 5.41) is 7.47. The monoisotopic (exact) mass is 727 g/mol. The Bertz CT molecular complexity index is 3170. The second kappa shape index (κ2) is 12.1. The molecule has 0 unspecified atom stereocenters. The Kier molecular flexibility index (Phi) is 6.80. The van der Waals surface area contributed by atoms with Gasteiger partial charge in [-0.3, -0.25) is 0 Å². The highest BCUT2D eigenvalue weighted by atomic mass is 19.1. The summed E-state index contributed by atoms with van der Waals surface area (Å²) in [7, 11) is 0. The van der Waals surface area contributed by atoms with Crippen molar-refractivity contribution in [3.05, 3.63) is 234 Å². The topological polar surface area (TPSA) is 3.24 Å². The molecule has 2 aliphatic carbocycles. The van der Waals surface area contributed by atoms with Gasteiger partial charge < -0.3 is 4.90 Å². The molecular weight excluding hydrogens is 694 g/mol. The third-order valence-electron chi connectivity index (χ3n) is 12.5. The van der Waals surface area contributed by atoms with E-state index >= 15 is 0 Å². The van der Waals surface area contributed by atoms with Crippen LogP contribution >= 0.6 is 0 Å². The number of hydrogen-bond acceptors (Lipinski definition) is 1. The fourth-order valence-corrected chi connectivity index (χ4v) is 10.2. The quantitative estimate of drug-likeness (QED) is 0.163. The van der Waals surface area contributed by atoms with Gasteiger partial charge in [-0.15, -0.1) is 0 Å². The lowest BCUT2D eigenvalue weighted by Gasteiger charge is -2.32. The molecule has 2 heteroatoms. The summed E-state index contributed by atoms with van der Waals surface area (Å²) in [6.07, 6.45) is 0. The van der Waals surface area contributed by atoms with Crippen molar-refractivity contribution in [3.63, 3.8) is 0 Å². The zero-order chi connectivity index (χ0) is 37.7. The van der Waals surface area contributed by atoms with Crippen molar-refractivity contribution >= 4 is 49.4 Å². The Labute approximate surface area is 330 Å². The van der Waals surface area contributed by atoms with E-state index in [9.17, 15) is 4.39 Å². The maximum Gasteiger partial charge on any atom is 0.123 e. The van der Waals surface area contributed by atoms with Crippen LogP contribution in [0.2, 0.25) is 0 Å². The van der Waals surface area contributed by atoms with E-state index in [1.165, 1.54) is 89.0 Å². The van der Waals surface area contributed by atoms with E-state index in [1.807, 2.05) is 12.1 Å². The molecule has 12 rings (SSSR count). The zero-order valence-corrected chi connectivity index (χ0v) is 31.0. The van der Waals surface area contributed by atoms with E-state index < -0.39 is 5.41 Å². The van der Waals surface area contributed by atoms with Crippen LogP contribution in [0.1, 0.15) is 22.3 Å². The molecule has 0 bridgehead atoms. The predicted octanol–water partition coefficient (Wildman–Crippen LogP) is 14.8. The van der Waals surface area contributed by atoms with Gasteiger partial charge in [0.25, 0.3) is 0 Å². The standard InChI is InChI=1S/C55H34FN/c56-37-28-24-35(25-29-37)36-26-30-38(31-27-36)57(39-32-33-44-42-14-2-1-12-40(42)41-13-3-4-15-43(41)48(44)34-39)53-23-11-22-52-54(53)47-18-7-10-21-51(47)55(52)49-19-8-5-16-45(49)46-17-6-9-20-50(46)55/h1-34H. The first-order valence-corrected chi connectivity index (χ1v) is 19.6.